The van der Waals surface area contributed by atoms with Gasteiger partial charge in [-0.3, -0.25) is 9.20 Å². The number of aryl methyl sites for hydroxylation is 1. The van der Waals surface area contributed by atoms with Gasteiger partial charge in [0.25, 0.3) is 10.8 Å². The molecule has 3 heterocycles. The van der Waals surface area contributed by atoms with E-state index in [0.717, 1.165) is 15.7 Å². The van der Waals surface area contributed by atoms with Gasteiger partial charge in [0, 0.05) is 27.4 Å². The zero-order valence-electron chi connectivity index (χ0n) is 13.0. The summed E-state index contributed by atoms with van der Waals surface area (Å²) in [5, 5.41) is 10.5. The fourth-order valence-electron chi connectivity index (χ4n) is 2.32. The number of aromatic nitrogens is 4. The molecule has 1 aromatic carbocycles. The zero-order chi connectivity index (χ0) is 17.4. The predicted molar refractivity (Wildman–Crippen MR) is 101 cm³/mol. The molecule has 4 aromatic rings. The quantitative estimate of drug-likeness (QED) is 0.448. The molecular formula is C16H11BrN4O2S2. The highest BCUT2D eigenvalue weighted by molar-refractivity contribution is 9.10. The number of nitrogens with zero attached hydrogens (tertiary/aromatic N) is 4. The third-order valence-corrected chi connectivity index (χ3v) is 5.97. The summed E-state index contributed by atoms with van der Waals surface area (Å²) in [5.41, 5.74) is 2.36. The first kappa shape index (κ1) is 16.5. The van der Waals surface area contributed by atoms with Crippen LogP contribution in [0.3, 0.4) is 0 Å². The van der Waals surface area contributed by atoms with Crippen molar-refractivity contribution in [1.29, 1.82) is 0 Å². The molecule has 25 heavy (non-hydrogen) atoms. The number of halogens is 1. The summed E-state index contributed by atoms with van der Waals surface area (Å²) in [6, 6.07) is 9.20. The molecule has 0 atom stereocenters. The van der Waals surface area contributed by atoms with Crippen molar-refractivity contribution in [2.24, 2.45) is 0 Å². The molecule has 126 valence electrons. The fourth-order valence-corrected chi connectivity index (χ4v) is 4.32. The maximum atomic E-state index is 12.2. The summed E-state index contributed by atoms with van der Waals surface area (Å²) in [4.78, 5) is 17.4. The molecule has 0 unspecified atom stereocenters. The molecule has 4 rings (SSSR count). The van der Waals surface area contributed by atoms with Crippen molar-refractivity contribution in [3.63, 3.8) is 0 Å². The first-order valence-electron chi connectivity index (χ1n) is 7.30. The van der Waals surface area contributed by atoms with Crippen molar-refractivity contribution >= 4 is 44.0 Å². The third-order valence-electron chi connectivity index (χ3n) is 3.48. The highest BCUT2D eigenvalue weighted by Gasteiger charge is 2.13. The Hall–Kier alpha value is -1.97. The van der Waals surface area contributed by atoms with Crippen molar-refractivity contribution in [3.8, 4) is 11.5 Å². The summed E-state index contributed by atoms with van der Waals surface area (Å²) in [6.45, 7) is 1.89. The number of hydrogen-bond donors (Lipinski definition) is 0. The van der Waals surface area contributed by atoms with E-state index in [9.17, 15) is 4.79 Å². The van der Waals surface area contributed by atoms with E-state index in [0.29, 0.717) is 27.5 Å². The van der Waals surface area contributed by atoms with Crippen LogP contribution in [0.25, 0.3) is 16.4 Å². The van der Waals surface area contributed by atoms with Crippen LogP contribution in [0.2, 0.25) is 0 Å². The zero-order valence-corrected chi connectivity index (χ0v) is 16.2. The van der Waals surface area contributed by atoms with Crippen LogP contribution in [0, 0.1) is 6.92 Å². The first-order valence-corrected chi connectivity index (χ1v) is 9.95. The van der Waals surface area contributed by atoms with Gasteiger partial charge in [-0.05, 0) is 35.0 Å². The SMILES string of the molecule is Cc1csc2nc(CSc3nnc(-c4ccccc4Br)o3)cc(=O)n12. The third kappa shape index (κ3) is 3.26. The van der Waals surface area contributed by atoms with E-state index in [1.165, 1.54) is 23.1 Å². The van der Waals surface area contributed by atoms with Crippen molar-refractivity contribution in [2.75, 3.05) is 0 Å². The monoisotopic (exact) mass is 434 g/mol. The summed E-state index contributed by atoms with van der Waals surface area (Å²) < 4.78 is 8.20. The standard InChI is InChI=1S/C16H11BrN4O2S2/c1-9-7-24-15-18-10(6-13(22)21(9)15)8-25-16-20-19-14(23-16)11-4-2-3-5-12(11)17/h2-7H,8H2,1H3. The van der Waals surface area contributed by atoms with Gasteiger partial charge in [0.1, 0.15) is 0 Å². The number of fused-ring (bicyclic) bond motifs is 1. The molecule has 0 spiro atoms. The summed E-state index contributed by atoms with van der Waals surface area (Å²) >= 11 is 6.28. The molecule has 0 saturated heterocycles. The van der Waals surface area contributed by atoms with Gasteiger partial charge < -0.3 is 4.42 Å². The molecule has 9 heteroatoms. The van der Waals surface area contributed by atoms with Crippen molar-refractivity contribution in [3.05, 3.63) is 61.9 Å². The van der Waals surface area contributed by atoms with Crippen molar-refractivity contribution < 1.29 is 4.42 Å². The second-order valence-corrected chi connectivity index (χ2v) is 7.84. The number of hydrogen-bond acceptors (Lipinski definition) is 7. The molecule has 0 bridgehead atoms. The van der Waals surface area contributed by atoms with Crippen LogP contribution in [-0.4, -0.2) is 19.6 Å². The van der Waals surface area contributed by atoms with Gasteiger partial charge in [-0.2, -0.15) is 0 Å². The van der Waals surface area contributed by atoms with E-state index >= 15 is 0 Å². The van der Waals surface area contributed by atoms with Gasteiger partial charge in [0.05, 0.1) is 11.3 Å². The average Bonchev–Trinajstić information content (AvgIpc) is 3.21. The highest BCUT2D eigenvalue weighted by Crippen LogP contribution is 2.29. The Morgan fingerprint density at radius 3 is 3.00 bits per heavy atom. The second kappa shape index (κ2) is 6.74. The summed E-state index contributed by atoms with van der Waals surface area (Å²) in [7, 11) is 0. The Labute approximate surface area is 159 Å². The number of thiazole rings is 1. The minimum atomic E-state index is -0.0706. The van der Waals surface area contributed by atoms with Crippen LogP contribution in [0.5, 0.6) is 0 Å². The lowest BCUT2D eigenvalue weighted by Crippen LogP contribution is -2.14. The molecule has 0 radical (unpaired) electrons. The normalized spacial score (nSPS) is 11.3. The number of rotatable bonds is 4. The van der Waals surface area contributed by atoms with Gasteiger partial charge in [-0.1, -0.05) is 23.9 Å². The number of benzene rings is 1. The van der Waals surface area contributed by atoms with E-state index in [-0.39, 0.29) is 5.56 Å². The highest BCUT2D eigenvalue weighted by atomic mass is 79.9. The maximum Gasteiger partial charge on any atom is 0.277 e. The van der Waals surface area contributed by atoms with Gasteiger partial charge in [0.15, 0.2) is 4.96 Å². The second-order valence-electron chi connectivity index (χ2n) is 5.22. The first-order chi connectivity index (χ1) is 12.1. The molecule has 0 N–H and O–H groups in total. The fraction of sp³-hybridized carbons (Fsp3) is 0.125. The molecule has 6 nitrogen and oxygen atoms in total. The largest absolute Gasteiger partial charge is 0.411 e. The van der Waals surface area contributed by atoms with E-state index in [2.05, 4.69) is 31.1 Å². The lowest BCUT2D eigenvalue weighted by Gasteiger charge is -2.00. The van der Waals surface area contributed by atoms with Crippen LogP contribution in [-0.2, 0) is 5.75 Å². The van der Waals surface area contributed by atoms with Crippen LogP contribution in [0.15, 0.2) is 54.6 Å². The molecule has 3 aromatic heterocycles. The maximum absolute atomic E-state index is 12.2. The summed E-state index contributed by atoms with van der Waals surface area (Å²) in [6.07, 6.45) is 0. The Kier molecular flexibility index (Phi) is 4.45. The minimum absolute atomic E-state index is 0.0706. The molecule has 0 saturated carbocycles. The molecule has 0 amide bonds. The Morgan fingerprint density at radius 2 is 2.16 bits per heavy atom. The smallest absolute Gasteiger partial charge is 0.277 e. The lowest BCUT2D eigenvalue weighted by atomic mass is 10.2. The Bertz CT molecular complexity index is 1120. The van der Waals surface area contributed by atoms with Crippen molar-refractivity contribution in [2.45, 2.75) is 17.9 Å². The van der Waals surface area contributed by atoms with Crippen LogP contribution in [0.4, 0.5) is 0 Å². The van der Waals surface area contributed by atoms with Gasteiger partial charge in [-0.25, -0.2) is 4.98 Å². The van der Waals surface area contributed by atoms with Crippen LogP contribution in [0.1, 0.15) is 11.4 Å². The number of thioether (sulfide) groups is 1. The minimum Gasteiger partial charge on any atom is -0.411 e. The van der Waals surface area contributed by atoms with Crippen molar-refractivity contribution in [1.82, 2.24) is 19.6 Å². The van der Waals surface area contributed by atoms with Crippen LogP contribution < -0.4 is 5.56 Å². The summed E-state index contributed by atoms with van der Waals surface area (Å²) in [5.74, 6) is 0.938. The molecule has 0 aliphatic rings. The van der Waals surface area contributed by atoms with Gasteiger partial charge in [-0.15, -0.1) is 21.5 Å². The van der Waals surface area contributed by atoms with E-state index < -0.39 is 0 Å². The van der Waals surface area contributed by atoms with E-state index in [1.54, 1.807) is 10.5 Å². The molecule has 0 aliphatic heterocycles. The topological polar surface area (TPSA) is 73.3 Å². The molecule has 0 fully saturated rings. The lowest BCUT2D eigenvalue weighted by molar-refractivity contribution is 0.465. The van der Waals surface area contributed by atoms with Crippen LogP contribution >= 0.6 is 39.0 Å². The van der Waals surface area contributed by atoms with E-state index in [1.807, 2.05) is 36.6 Å². The Morgan fingerprint density at radius 1 is 1.32 bits per heavy atom. The predicted octanol–water partition coefficient (Wildman–Crippen LogP) is 4.17. The Balaban J connectivity index is 1.54. The average molecular weight is 435 g/mol. The van der Waals surface area contributed by atoms with Gasteiger partial charge >= 0.3 is 0 Å². The van der Waals surface area contributed by atoms with E-state index in [4.69, 9.17) is 4.42 Å². The molecule has 0 aliphatic carbocycles. The van der Waals surface area contributed by atoms with Gasteiger partial charge in [0.2, 0.25) is 5.89 Å². The molecular weight excluding hydrogens is 424 g/mol.